The van der Waals surface area contributed by atoms with Crippen molar-refractivity contribution < 1.29 is 4.74 Å². The zero-order chi connectivity index (χ0) is 22.5. The summed E-state index contributed by atoms with van der Waals surface area (Å²) in [6.45, 7) is 4.07. The average Bonchev–Trinajstić information content (AvgIpc) is 3.36. The molecule has 1 aliphatic heterocycles. The van der Waals surface area contributed by atoms with Gasteiger partial charge in [-0.15, -0.1) is 0 Å². The molecule has 0 saturated heterocycles. The molecule has 2 aromatic heterocycles. The molecule has 6 rings (SSSR count). The van der Waals surface area contributed by atoms with Gasteiger partial charge in [0.2, 0.25) is 11.8 Å². The fourth-order valence-corrected chi connectivity index (χ4v) is 4.74. The SMILES string of the molecule is Cc1nn(-c2ccccc2)c2c1C(c1ccc(Cl)cc1)c1c(C)nn(-c3ccccc3)c1O2. The van der Waals surface area contributed by atoms with Crippen molar-refractivity contribution in [2.24, 2.45) is 0 Å². The van der Waals surface area contributed by atoms with Crippen LogP contribution >= 0.6 is 11.6 Å². The van der Waals surface area contributed by atoms with Crippen molar-refractivity contribution in [3.8, 4) is 23.1 Å². The van der Waals surface area contributed by atoms with E-state index in [0.717, 1.165) is 39.5 Å². The van der Waals surface area contributed by atoms with Gasteiger partial charge in [0.1, 0.15) is 0 Å². The number of aromatic nitrogens is 4. The zero-order valence-electron chi connectivity index (χ0n) is 18.2. The molecule has 3 heterocycles. The minimum Gasteiger partial charge on any atom is -0.420 e. The lowest BCUT2D eigenvalue weighted by Crippen LogP contribution is -2.14. The van der Waals surface area contributed by atoms with Crippen LogP contribution in [-0.4, -0.2) is 19.6 Å². The summed E-state index contributed by atoms with van der Waals surface area (Å²) >= 11 is 6.22. The van der Waals surface area contributed by atoms with Gasteiger partial charge in [-0.25, -0.2) is 9.36 Å². The number of fused-ring (bicyclic) bond motifs is 2. The number of hydrogen-bond acceptors (Lipinski definition) is 3. The number of ether oxygens (including phenoxy) is 1. The Labute approximate surface area is 196 Å². The van der Waals surface area contributed by atoms with Gasteiger partial charge in [-0.2, -0.15) is 10.2 Å². The van der Waals surface area contributed by atoms with Crippen LogP contribution in [0.4, 0.5) is 0 Å². The number of hydrogen-bond donors (Lipinski definition) is 0. The first-order valence-electron chi connectivity index (χ1n) is 10.8. The van der Waals surface area contributed by atoms with E-state index in [2.05, 4.69) is 12.1 Å². The maximum Gasteiger partial charge on any atom is 0.229 e. The molecule has 5 nitrogen and oxygen atoms in total. The maximum atomic E-state index is 6.64. The number of rotatable bonds is 3. The predicted molar refractivity (Wildman–Crippen MR) is 129 cm³/mol. The van der Waals surface area contributed by atoms with Crippen LogP contribution in [-0.2, 0) is 0 Å². The second kappa shape index (κ2) is 7.64. The van der Waals surface area contributed by atoms with Gasteiger partial charge in [-0.05, 0) is 55.8 Å². The van der Waals surface area contributed by atoms with Crippen molar-refractivity contribution >= 4 is 11.6 Å². The summed E-state index contributed by atoms with van der Waals surface area (Å²) in [5, 5.41) is 10.5. The van der Waals surface area contributed by atoms with Crippen LogP contribution in [0.25, 0.3) is 11.4 Å². The molecule has 0 fully saturated rings. The summed E-state index contributed by atoms with van der Waals surface area (Å²) in [4.78, 5) is 0. The largest absolute Gasteiger partial charge is 0.420 e. The fraction of sp³-hybridized carbons (Fsp3) is 0.111. The summed E-state index contributed by atoms with van der Waals surface area (Å²) in [6.07, 6.45) is 0. The number of benzene rings is 3. The highest BCUT2D eigenvalue weighted by molar-refractivity contribution is 6.30. The van der Waals surface area contributed by atoms with E-state index >= 15 is 0 Å². The molecule has 6 heteroatoms. The molecule has 0 N–H and O–H groups in total. The van der Waals surface area contributed by atoms with Crippen LogP contribution < -0.4 is 4.74 Å². The van der Waals surface area contributed by atoms with Gasteiger partial charge >= 0.3 is 0 Å². The van der Waals surface area contributed by atoms with E-state index in [4.69, 9.17) is 26.5 Å². The standard InChI is InChI=1S/C27H21ClN4O/c1-17-23-25(19-13-15-20(28)16-14-19)24-18(2)30-32(22-11-7-4-8-12-22)27(24)33-26(23)31(29-17)21-9-5-3-6-10-21/h3-16,25H,1-2H3. The maximum absolute atomic E-state index is 6.64. The minimum atomic E-state index is -0.0732. The first-order valence-corrected chi connectivity index (χ1v) is 11.2. The summed E-state index contributed by atoms with van der Waals surface area (Å²) in [6, 6.07) is 28.1. The van der Waals surface area contributed by atoms with Crippen LogP contribution in [0.3, 0.4) is 0 Å². The Morgan fingerprint density at radius 2 is 1.12 bits per heavy atom. The van der Waals surface area contributed by atoms with Gasteiger partial charge in [0.25, 0.3) is 0 Å². The Morgan fingerprint density at radius 3 is 1.58 bits per heavy atom. The van der Waals surface area contributed by atoms with Gasteiger partial charge in [-0.1, -0.05) is 60.1 Å². The molecule has 162 valence electrons. The molecular formula is C27H21ClN4O. The Kier molecular flexibility index (Phi) is 4.59. The fourth-order valence-electron chi connectivity index (χ4n) is 4.61. The summed E-state index contributed by atoms with van der Waals surface area (Å²) in [7, 11) is 0. The second-order valence-electron chi connectivity index (χ2n) is 8.19. The molecule has 0 atom stereocenters. The summed E-state index contributed by atoms with van der Waals surface area (Å²) in [5.41, 5.74) is 6.95. The van der Waals surface area contributed by atoms with Crippen LogP contribution in [0.5, 0.6) is 11.8 Å². The van der Waals surface area contributed by atoms with E-state index in [1.54, 1.807) is 0 Å². The van der Waals surface area contributed by atoms with Crippen LogP contribution in [0.15, 0.2) is 84.9 Å². The van der Waals surface area contributed by atoms with E-state index in [0.29, 0.717) is 16.8 Å². The van der Waals surface area contributed by atoms with Crippen LogP contribution in [0, 0.1) is 13.8 Å². The average molecular weight is 453 g/mol. The van der Waals surface area contributed by atoms with Gasteiger partial charge in [0.15, 0.2) is 0 Å². The number of para-hydroxylation sites is 2. The molecule has 0 radical (unpaired) electrons. The molecule has 0 bridgehead atoms. The van der Waals surface area contributed by atoms with Gasteiger partial charge < -0.3 is 4.74 Å². The molecule has 3 aromatic carbocycles. The lowest BCUT2D eigenvalue weighted by Gasteiger charge is -2.26. The van der Waals surface area contributed by atoms with E-state index in [-0.39, 0.29) is 5.92 Å². The van der Waals surface area contributed by atoms with Crippen molar-refractivity contribution in [2.75, 3.05) is 0 Å². The number of aryl methyl sites for hydroxylation is 2. The molecule has 0 aliphatic carbocycles. The highest BCUT2D eigenvalue weighted by atomic mass is 35.5. The Balaban J connectivity index is 1.64. The number of halogens is 1. The Bertz CT molecular complexity index is 1360. The molecule has 33 heavy (non-hydrogen) atoms. The third-order valence-electron chi connectivity index (χ3n) is 6.10. The summed E-state index contributed by atoms with van der Waals surface area (Å²) in [5.74, 6) is 1.35. The highest BCUT2D eigenvalue weighted by Crippen LogP contribution is 2.51. The molecule has 0 saturated carbocycles. The predicted octanol–water partition coefficient (Wildman–Crippen LogP) is 6.61. The lowest BCUT2D eigenvalue weighted by atomic mass is 9.84. The van der Waals surface area contributed by atoms with Gasteiger partial charge in [-0.3, -0.25) is 0 Å². The first-order chi connectivity index (χ1) is 16.1. The van der Waals surface area contributed by atoms with Gasteiger partial charge in [0.05, 0.1) is 22.8 Å². The molecule has 5 aromatic rings. The first kappa shape index (κ1) is 19.8. The van der Waals surface area contributed by atoms with Gasteiger partial charge in [0, 0.05) is 22.1 Å². The molecular weight excluding hydrogens is 432 g/mol. The van der Waals surface area contributed by atoms with Crippen LogP contribution in [0.1, 0.15) is 34.0 Å². The van der Waals surface area contributed by atoms with Crippen LogP contribution in [0.2, 0.25) is 5.02 Å². The van der Waals surface area contributed by atoms with Crippen molar-refractivity contribution in [3.05, 3.63) is 118 Å². The van der Waals surface area contributed by atoms with E-state index in [9.17, 15) is 0 Å². The Morgan fingerprint density at radius 1 is 0.667 bits per heavy atom. The third kappa shape index (κ3) is 3.16. The second-order valence-corrected chi connectivity index (χ2v) is 8.63. The van der Waals surface area contributed by atoms with Crippen molar-refractivity contribution in [2.45, 2.75) is 19.8 Å². The lowest BCUT2D eigenvalue weighted by molar-refractivity contribution is 0.392. The van der Waals surface area contributed by atoms with E-state index in [1.165, 1.54) is 0 Å². The van der Waals surface area contributed by atoms with E-state index < -0.39 is 0 Å². The molecule has 0 amide bonds. The zero-order valence-corrected chi connectivity index (χ0v) is 19.0. The normalized spacial score (nSPS) is 12.8. The third-order valence-corrected chi connectivity index (χ3v) is 6.35. The topological polar surface area (TPSA) is 44.9 Å². The Hall–Kier alpha value is -3.83. The minimum absolute atomic E-state index is 0.0732. The molecule has 0 spiro atoms. The highest BCUT2D eigenvalue weighted by Gasteiger charge is 2.39. The van der Waals surface area contributed by atoms with Crippen molar-refractivity contribution in [1.29, 1.82) is 0 Å². The van der Waals surface area contributed by atoms with Crippen molar-refractivity contribution in [1.82, 2.24) is 19.6 Å². The quantitative estimate of drug-likeness (QED) is 0.303. The van der Waals surface area contributed by atoms with E-state index in [1.807, 2.05) is 96.0 Å². The monoisotopic (exact) mass is 452 g/mol. The smallest absolute Gasteiger partial charge is 0.229 e. The molecule has 1 aliphatic rings. The molecule has 0 unspecified atom stereocenters. The number of nitrogens with zero attached hydrogens (tertiary/aromatic N) is 4. The summed E-state index contributed by atoms with van der Waals surface area (Å²) < 4.78 is 10.4. The van der Waals surface area contributed by atoms with Crippen molar-refractivity contribution in [3.63, 3.8) is 0 Å².